The van der Waals surface area contributed by atoms with E-state index in [2.05, 4.69) is 5.32 Å². The van der Waals surface area contributed by atoms with Crippen molar-refractivity contribution < 1.29 is 17.6 Å². The van der Waals surface area contributed by atoms with Gasteiger partial charge in [-0.3, -0.25) is 4.79 Å². The number of nitrogens with one attached hydrogen (secondary N) is 1. The molecule has 0 saturated heterocycles. The largest absolute Gasteiger partial charge is 0.352 e. The van der Waals surface area contributed by atoms with Crippen LogP contribution >= 0.6 is 0 Å². The van der Waals surface area contributed by atoms with Crippen molar-refractivity contribution in [2.24, 2.45) is 11.1 Å². The summed E-state index contributed by atoms with van der Waals surface area (Å²) in [5.74, 6) is -1.05. The molecule has 0 atom stereocenters. The molecule has 0 aliphatic rings. The summed E-state index contributed by atoms with van der Waals surface area (Å²) in [6, 6.07) is 2.96. The third kappa shape index (κ3) is 4.60. The molecular weight excluding hydrogens is 271 g/mol. The van der Waals surface area contributed by atoms with Gasteiger partial charge in [0.1, 0.15) is 5.82 Å². The van der Waals surface area contributed by atoms with Gasteiger partial charge in [-0.2, -0.15) is 0 Å². The average molecular weight is 288 g/mol. The number of hydrogen-bond donors (Lipinski definition) is 2. The number of rotatable bonds is 5. The fourth-order valence-electron chi connectivity index (χ4n) is 1.43. The van der Waals surface area contributed by atoms with Gasteiger partial charge < -0.3 is 5.32 Å². The fourth-order valence-corrected chi connectivity index (χ4v) is 1.95. The van der Waals surface area contributed by atoms with Crippen LogP contribution in [0.4, 0.5) is 4.39 Å². The minimum Gasteiger partial charge on any atom is -0.352 e. The zero-order chi connectivity index (χ0) is 14.6. The zero-order valence-corrected chi connectivity index (χ0v) is 11.6. The number of amides is 1. The molecule has 0 fully saturated rings. The standard InChI is InChI=1S/C12H17FN2O3S/c1-8(2)5-6-15-12(16)10-4-3-9(7-11(10)13)19(14,17)18/h3-4,7-8H,5-6H2,1-2H3,(H,15,16)(H2,14,17,18). The smallest absolute Gasteiger partial charge is 0.254 e. The molecule has 0 saturated carbocycles. The Hall–Kier alpha value is -1.47. The second kappa shape index (κ2) is 6.12. The number of benzene rings is 1. The molecule has 3 N–H and O–H groups in total. The Labute approximate surface area is 112 Å². The summed E-state index contributed by atoms with van der Waals surface area (Å²) >= 11 is 0. The van der Waals surface area contributed by atoms with Crippen LogP contribution in [0.15, 0.2) is 23.1 Å². The predicted octanol–water partition coefficient (Wildman–Crippen LogP) is 1.25. The maximum absolute atomic E-state index is 13.6. The van der Waals surface area contributed by atoms with Crippen molar-refractivity contribution in [1.29, 1.82) is 0 Å². The minimum atomic E-state index is -3.97. The Morgan fingerprint density at radius 3 is 2.53 bits per heavy atom. The van der Waals surface area contributed by atoms with Crippen molar-refractivity contribution in [1.82, 2.24) is 5.32 Å². The van der Waals surface area contributed by atoms with Crippen molar-refractivity contribution in [2.45, 2.75) is 25.2 Å². The van der Waals surface area contributed by atoms with Crippen LogP contribution in [-0.4, -0.2) is 20.9 Å². The molecule has 0 aliphatic heterocycles. The molecule has 0 heterocycles. The van der Waals surface area contributed by atoms with E-state index in [-0.39, 0.29) is 10.5 Å². The number of nitrogens with two attached hydrogens (primary N) is 1. The number of sulfonamides is 1. The lowest BCUT2D eigenvalue weighted by molar-refractivity contribution is 0.0948. The summed E-state index contributed by atoms with van der Waals surface area (Å²) in [7, 11) is -3.97. The van der Waals surface area contributed by atoms with Crippen LogP contribution in [0.5, 0.6) is 0 Å². The molecule has 7 heteroatoms. The quantitative estimate of drug-likeness (QED) is 0.854. The number of halogens is 1. The van der Waals surface area contributed by atoms with Crippen molar-refractivity contribution in [3.8, 4) is 0 Å². The van der Waals surface area contributed by atoms with Gasteiger partial charge in [-0.25, -0.2) is 17.9 Å². The highest BCUT2D eigenvalue weighted by Crippen LogP contribution is 2.13. The summed E-state index contributed by atoms with van der Waals surface area (Å²) in [6.45, 7) is 4.45. The van der Waals surface area contributed by atoms with E-state index in [1.165, 1.54) is 0 Å². The first-order chi connectivity index (χ1) is 8.71. The van der Waals surface area contributed by atoms with Crippen LogP contribution in [0.3, 0.4) is 0 Å². The van der Waals surface area contributed by atoms with Gasteiger partial charge in [0.2, 0.25) is 10.0 Å². The summed E-state index contributed by atoms with van der Waals surface area (Å²) in [5, 5.41) is 7.44. The maximum Gasteiger partial charge on any atom is 0.254 e. The van der Waals surface area contributed by atoms with E-state index in [0.717, 1.165) is 24.6 Å². The lowest BCUT2D eigenvalue weighted by Crippen LogP contribution is -2.26. The Kier molecular flexibility index (Phi) is 5.02. The zero-order valence-electron chi connectivity index (χ0n) is 10.8. The topological polar surface area (TPSA) is 89.3 Å². The van der Waals surface area contributed by atoms with Crippen molar-refractivity contribution in [3.05, 3.63) is 29.6 Å². The SMILES string of the molecule is CC(C)CCNC(=O)c1ccc(S(N)(=O)=O)cc1F. The van der Waals surface area contributed by atoms with E-state index < -0.39 is 21.7 Å². The van der Waals surface area contributed by atoms with E-state index in [0.29, 0.717) is 12.5 Å². The van der Waals surface area contributed by atoms with Crippen LogP contribution in [0.2, 0.25) is 0 Å². The summed E-state index contributed by atoms with van der Waals surface area (Å²) in [5.41, 5.74) is -0.198. The van der Waals surface area contributed by atoms with E-state index in [1.54, 1.807) is 0 Å². The van der Waals surface area contributed by atoms with Crippen LogP contribution < -0.4 is 10.5 Å². The fraction of sp³-hybridized carbons (Fsp3) is 0.417. The summed E-state index contributed by atoms with van der Waals surface area (Å²) in [4.78, 5) is 11.3. The number of hydrogen-bond acceptors (Lipinski definition) is 3. The number of primary sulfonamides is 1. The second-order valence-electron chi connectivity index (χ2n) is 4.63. The third-order valence-electron chi connectivity index (χ3n) is 2.52. The Balaban J connectivity index is 2.82. The molecule has 0 aliphatic carbocycles. The number of carbonyl (C=O) groups excluding carboxylic acids is 1. The molecule has 1 aromatic rings. The van der Waals surface area contributed by atoms with Gasteiger partial charge in [0.15, 0.2) is 0 Å². The van der Waals surface area contributed by atoms with Crippen molar-refractivity contribution in [2.75, 3.05) is 6.54 Å². The molecule has 0 unspecified atom stereocenters. The molecule has 0 aromatic heterocycles. The van der Waals surface area contributed by atoms with Gasteiger partial charge in [0, 0.05) is 6.54 Å². The second-order valence-corrected chi connectivity index (χ2v) is 6.19. The van der Waals surface area contributed by atoms with Crippen LogP contribution in [-0.2, 0) is 10.0 Å². The Morgan fingerprint density at radius 1 is 1.42 bits per heavy atom. The Bertz CT molecular complexity index is 570. The van der Waals surface area contributed by atoms with Gasteiger partial charge in [0.05, 0.1) is 10.5 Å². The normalized spacial score (nSPS) is 11.6. The first-order valence-electron chi connectivity index (χ1n) is 5.82. The monoisotopic (exact) mass is 288 g/mol. The van der Waals surface area contributed by atoms with Crippen LogP contribution in [0.25, 0.3) is 0 Å². The van der Waals surface area contributed by atoms with Crippen molar-refractivity contribution in [3.63, 3.8) is 0 Å². The van der Waals surface area contributed by atoms with E-state index in [9.17, 15) is 17.6 Å². The Morgan fingerprint density at radius 2 is 2.05 bits per heavy atom. The molecule has 0 bridgehead atoms. The molecule has 0 radical (unpaired) electrons. The lowest BCUT2D eigenvalue weighted by atomic mass is 10.1. The molecule has 5 nitrogen and oxygen atoms in total. The molecule has 106 valence electrons. The van der Waals surface area contributed by atoms with Gasteiger partial charge in [-0.05, 0) is 30.5 Å². The minimum absolute atomic E-state index is 0.198. The van der Waals surface area contributed by atoms with Gasteiger partial charge in [-0.1, -0.05) is 13.8 Å². The van der Waals surface area contributed by atoms with E-state index in [4.69, 9.17) is 5.14 Å². The molecule has 1 aromatic carbocycles. The van der Waals surface area contributed by atoms with Gasteiger partial charge in [0.25, 0.3) is 5.91 Å². The van der Waals surface area contributed by atoms with Crippen molar-refractivity contribution >= 4 is 15.9 Å². The first-order valence-corrected chi connectivity index (χ1v) is 7.37. The lowest BCUT2D eigenvalue weighted by Gasteiger charge is -2.08. The summed E-state index contributed by atoms with van der Waals surface area (Å²) in [6.07, 6.45) is 0.780. The maximum atomic E-state index is 13.6. The number of carbonyl (C=O) groups is 1. The molecule has 19 heavy (non-hydrogen) atoms. The predicted molar refractivity (Wildman–Crippen MR) is 69.6 cm³/mol. The highest BCUT2D eigenvalue weighted by Gasteiger charge is 2.15. The average Bonchev–Trinajstić information content (AvgIpc) is 2.26. The van der Waals surface area contributed by atoms with Crippen LogP contribution in [0, 0.1) is 11.7 Å². The highest BCUT2D eigenvalue weighted by molar-refractivity contribution is 7.89. The first kappa shape index (κ1) is 15.6. The molecule has 1 amide bonds. The molecule has 1 rings (SSSR count). The molecular formula is C12H17FN2O3S. The van der Waals surface area contributed by atoms with Crippen LogP contribution in [0.1, 0.15) is 30.6 Å². The third-order valence-corrected chi connectivity index (χ3v) is 3.43. The highest BCUT2D eigenvalue weighted by atomic mass is 32.2. The van der Waals surface area contributed by atoms with E-state index in [1.807, 2.05) is 13.8 Å². The molecule has 0 spiro atoms. The van der Waals surface area contributed by atoms with Gasteiger partial charge in [-0.15, -0.1) is 0 Å². The van der Waals surface area contributed by atoms with Gasteiger partial charge >= 0.3 is 0 Å². The van der Waals surface area contributed by atoms with E-state index >= 15 is 0 Å². The summed E-state index contributed by atoms with van der Waals surface area (Å²) < 4.78 is 35.7.